The van der Waals surface area contributed by atoms with Crippen LogP contribution in [0.25, 0.3) is 0 Å². The van der Waals surface area contributed by atoms with Crippen LogP contribution in [-0.2, 0) is 13.1 Å². The molecule has 0 amide bonds. The van der Waals surface area contributed by atoms with Crippen molar-refractivity contribution in [1.29, 1.82) is 0 Å². The van der Waals surface area contributed by atoms with Gasteiger partial charge < -0.3 is 4.90 Å². The molecule has 138 valence electrons. The number of ketones is 2. The summed E-state index contributed by atoms with van der Waals surface area (Å²) in [5.41, 5.74) is 3.10. The smallest absolute Gasteiger partial charge is 0.211 e. The second-order valence-electron chi connectivity index (χ2n) is 6.69. The van der Waals surface area contributed by atoms with Crippen molar-refractivity contribution in [2.75, 3.05) is 0 Å². The molecule has 1 aliphatic carbocycles. The maximum absolute atomic E-state index is 13.3. The summed E-state index contributed by atoms with van der Waals surface area (Å²) in [5, 5.41) is -0.0180. The van der Waals surface area contributed by atoms with Crippen LogP contribution in [0.5, 0.6) is 0 Å². The Morgan fingerprint density at radius 2 is 1.04 bits per heavy atom. The summed E-state index contributed by atoms with van der Waals surface area (Å²) in [7, 11) is 0. The largest absolute Gasteiger partial charge is 0.358 e. The van der Waals surface area contributed by atoms with Crippen LogP contribution in [0, 0.1) is 0 Å². The summed E-state index contributed by atoms with van der Waals surface area (Å²) in [6, 6.07) is 26.5. The molecular weight excluding hydrogens is 370 g/mol. The first kappa shape index (κ1) is 18.2. The van der Waals surface area contributed by atoms with Gasteiger partial charge in [0.05, 0.1) is 0 Å². The fraction of sp³-hybridized carbons (Fsp3) is 0.0833. The van der Waals surface area contributed by atoms with Crippen LogP contribution in [0.2, 0.25) is 0 Å². The molecule has 0 aromatic heterocycles. The van der Waals surface area contributed by atoms with E-state index in [1.165, 1.54) is 0 Å². The molecule has 0 unspecified atom stereocenters. The number of nitrogens with zero attached hydrogens (tertiary/aromatic N) is 1. The van der Waals surface area contributed by atoms with E-state index in [2.05, 4.69) is 0 Å². The molecule has 0 N–H and O–H groups in total. The fourth-order valence-electron chi connectivity index (χ4n) is 3.44. The summed E-state index contributed by atoms with van der Waals surface area (Å²) in [5.74, 6) is -0.523. The van der Waals surface area contributed by atoms with Crippen molar-refractivity contribution < 1.29 is 9.59 Å². The van der Waals surface area contributed by atoms with Gasteiger partial charge in [-0.2, -0.15) is 0 Å². The van der Waals surface area contributed by atoms with Gasteiger partial charge in [0, 0.05) is 24.2 Å². The highest BCUT2D eigenvalue weighted by Gasteiger charge is 2.34. The third-order valence-corrected chi connectivity index (χ3v) is 5.14. The lowest BCUT2D eigenvalue weighted by molar-refractivity contribution is 0.0942. The highest BCUT2D eigenvalue weighted by atomic mass is 35.5. The average molecular weight is 388 g/mol. The molecular formula is C24H18ClNO2. The maximum Gasteiger partial charge on any atom is 0.211 e. The zero-order chi connectivity index (χ0) is 19.5. The lowest BCUT2D eigenvalue weighted by Gasteiger charge is -2.30. The summed E-state index contributed by atoms with van der Waals surface area (Å²) < 4.78 is 0. The number of carbonyl (C=O) groups excluding carboxylic acids is 2. The standard InChI is InChI=1S/C24H18ClNO2/c25-21-22(24(28)20-14-8-7-13-19(20)23(21)27)26(15-17-9-3-1-4-10-17)16-18-11-5-2-6-12-18/h1-14H,15-16H2. The summed E-state index contributed by atoms with van der Waals surface area (Å²) in [6.45, 7) is 0.949. The van der Waals surface area contributed by atoms with Gasteiger partial charge in [0.2, 0.25) is 11.6 Å². The Morgan fingerprint density at radius 3 is 1.54 bits per heavy atom. The summed E-state index contributed by atoms with van der Waals surface area (Å²) in [4.78, 5) is 28.0. The molecule has 0 bridgehead atoms. The molecule has 3 aromatic carbocycles. The molecule has 4 rings (SSSR count). The molecule has 3 nitrogen and oxygen atoms in total. The average Bonchev–Trinajstić information content (AvgIpc) is 2.74. The van der Waals surface area contributed by atoms with Gasteiger partial charge in [-0.25, -0.2) is 0 Å². The molecule has 4 heteroatoms. The highest BCUT2D eigenvalue weighted by Crippen LogP contribution is 2.32. The van der Waals surface area contributed by atoms with Gasteiger partial charge in [0.1, 0.15) is 10.7 Å². The van der Waals surface area contributed by atoms with Gasteiger partial charge in [0.15, 0.2) is 0 Å². The number of rotatable bonds is 5. The van der Waals surface area contributed by atoms with Crippen molar-refractivity contribution in [3.05, 3.63) is 118 Å². The van der Waals surface area contributed by atoms with Crippen molar-refractivity contribution in [2.45, 2.75) is 13.1 Å². The van der Waals surface area contributed by atoms with E-state index in [1.54, 1.807) is 24.3 Å². The minimum atomic E-state index is -0.307. The fourth-order valence-corrected chi connectivity index (χ4v) is 3.74. The molecule has 0 spiro atoms. The number of carbonyl (C=O) groups is 2. The van der Waals surface area contributed by atoms with Gasteiger partial charge in [-0.1, -0.05) is 96.5 Å². The third kappa shape index (κ3) is 3.49. The second kappa shape index (κ2) is 7.83. The number of hydrogen-bond donors (Lipinski definition) is 0. The lowest BCUT2D eigenvalue weighted by atomic mass is 9.91. The van der Waals surface area contributed by atoms with E-state index in [9.17, 15) is 9.59 Å². The molecule has 0 heterocycles. The van der Waals surface area contributed by atoms with Gasteiger partial charge in [-0.3, -0.25) is 9.59 Å². The van der Waals surface area contributed by atoms with E-state index in [0.29, 0.717) is 24.2 Å². The van der Waals surface area contributed by atoms with Gasteiger partial charge in [0.25, 0.3) is 0 Å². The minimum absolute atomic E-state index is 0.0180. The molecule has 0 fully saturated rings. The van der Waals surface area contributed by atoms with Gasteiger partial charge in [-0.15, -0.1) is 0 Å². The van der Waals surface area contributed by atoms with E-state index in [1.807, 2.05) is 65.6 Å². The van der Waals surface area contributed by atoms with Crippen LogP contribution in [0.4, 0.5) is 0 Å². The first-order valence-corrected chi connectivity index (χ1v) is 9.44. The van der Waals surface area contributed by atoms with E-state index < -0.39 is 0 Å². The maximum atomic E-state index is 13.3. The van der Waals surface area contributed by atoms with Crippen LogP contribution in [0.1, 0.15) is 31.8 Å². The minimum Gasteiger partial charge on any atom is -0.358 e. The summed E-state index contributed by atoms with van der Waals surface area (Å²) in [6.07, 6.45) is 0. The molecule has 28 heavy (non-hydrogen) atoms. The number of allylic oxidation sites excluding steroid dienone is 2. The predicted octanol–water partition coefficient (Wildman–Crippen LogP) is 5.22. The Balaban J connectivity index is 1.78. The molecule has 0 atom stereocenters. The van der Waals surface area contributed by atoms with Crippen molar-refractivity contribution in [2.24, 2.45) is 0 Å². The van der Waals surface area contributed by atoms with Crippen molar-refractivity contribution >= 4 is 23.2 Å². The first-order valence-electron chi connectivity index (χ1n) is 9.06. The molecule has 0 saturated carbocycles. The molecule has 0 saturated heterocycles. The Kier molecular flexibility index (Phi) is 5.09. The zero-order valence-corrected chi connectivity index (χ0v) is 15.9. The Bertz CT molecular complexity index is 1020. The van der Waals surface area contributed by atoms with Crippen molar-refractivity contribution in [3.8, 4) is 0 Å². The van der Waals surface area contributed by atoms with E-state index in [4.69, 9.17) is 11.6 Å². The quantitative estimate of drug-likeness (QED) is 0.602. The lowest BCUT2D eigenvalue weighted by Crippen LogP contribution is -2.32. The van der Waals surface area contributed by atoms with E-state index in [-0.39, 0.29) is 22.3 Å². The van der Waals surface area contributed by atoms with Gasteiger partial charge >= 0.3 is 0 Å². The van der Waals surface area contributed by atoms with Crippen molar-refractivity contribution in [1.82, 2.24) is 4.90 Å². The molecule has 0 aliphatic heterocycles. The topological polar surface area (TPSA) is 37.4 Å². The molecule has 1 aliphatic rings. The van der Waals surface area contributed by atoms with E-state index >= 15 is 0 Å². The third-order valence-electron chi connectivity index (χ3n) is 4.79. The van der Waals surface area contributed by atoms with E-state index in [0.717, 1.165) is 11.1 Å². The normalized spacial score (nSPS) is 13.5. The summed E-state index contributed by atoms with van der Waals surface area (Å²) >= 11 is 6.45. The second-order valence-corrected chi connectivity index (χ2v) is 7.07. The number of hydrogen-bond acceptors (Lipinski definition) is 3. The van der Waals surface area contributed by atoms with Crippen LogP contribution in [0.3, 0.4) is 0 Å². The Hall–Kier alpha value is -3.17. The van der Waals surface area contributed by atoms with Crippen LogP contribution < -0.4 is 0 Å². The molecule has 0 radical (unpaired) electrons. The number of fused-ring (bicyclic) bond motifs is 1. The van der Waals surface area contributed by atoms with Crippen molar-refractivity contribution in [3.63, 3.8) is 0 Å². The van der Waals surface area contributed by atoms with Gasteiger partial charge in [-0.05, 0) is 11.1 Å². The first-order chi connectivity index (χ1) is 13.6. The zero-order valence-electron chi connectivity index (χ0n) is 15.1. The number of Topliss-reactive ketones (excluding diaryl/α,β-unsaturated/α-hetero) is 2. The molecule has 3 aromatic rings. The highest BCUT2D eigenvalue weighted by molar-refractivity contribution is 6.49. The monoisotopic (exact) mass is 387 g/mol. The SMILES string of the molecule is O=C1C(Cl)=C(N(Cc2ccccc2)Cc2ccccc2)C(=O)c2ccccc21. The van der Waals surface area contributed by atoms with Crippen LogP contribution >= 0.6 is 11.6 Å². The van der Waals surface area contributed by atoms with Crippen LogP contribution in [-0.4, -0.2) is 16.5 Å². The number of halogens is 1. The Labute approximate surface area is 168 Å². The Morgan fingerprint density at radius 1 is 0.607 bits per heavy atom. The predicted molar refractivity (Wildman–Crippen MR) is 110 cm³/mol. The number of benzene rings is 3. The van der Waals surface area contributed by atoms with Crippen LogP contribution in [0.15, 0.2) is 95.7 Å².